The molecule has 1 spiro atoms. The van der Waals surface area contributed by atoms with Crippen molar-refractivity contribution < 1.29 is 28.7 Å². The van der Waals surface area contributed by atoms with Gasteiger partial charge in [-0.15, -0.1) is 0 Å². The highest BCUT2D eigenvalue weighted by Crippen LogP contribution is 2.52. The number of nitrogens with zero attached hydrogens (tertiary/aromatic N) is 7. The largest absolute Gasteiger partial charge is 0.478 e. The predicted octanol–water partition coefficient (Wildman–Crippen LogP) is 2.47. The number of carbonyl (C=O) groups excluding carboxylic acids is 4. The van der Waals surface area contributed by atoms with Crippen LogP contribution in [0.3, 0.4) is 0 Å². The molecule has 6 aliphatic rings. The van der Waals surface area contributed by atoms with Gasteiger partial charge in [0, 0.05) is 93.2 Å². The standard InChI is InChI=1S/C42H45ClN10O7/c1-44-36(55)21-59-34-14-24-13-25(3-6-32(24)49(2)40(34)58)46-37-31(43)17-45-41(48-37)50-11-9-23(10-12-50)18-51-19-28-15-27(51)20-52(28)26-4-5-30-29(16-26)39(57)53(42(30)22-60-42)33-7-8-35(54)47-38(33)56/h3-6,13-14,16-17,23,27-28,33H,7-12,15,18-22H2,1-2H3,(H,44,55)(H,45,46,48)(H,47,54,56). The number of aryl methyl sites for hydroxylation is 1. The predicted molar refractivity (Wildman–Crippen MR) is 222 cm³/mol. The van der Waals surface area contributed by atoms with Crippen molar-refractivity contribution >= 4 is 69.3 Å². The van der Waals surface area contributed by atoms with E-state index in [2.05, 4.69) is 41.7 Å². The van der Waals surface area contributed by atoms with Crippen molar-refractivity contribution in [3.63, 3.8) is 0 Å². The lowest BCUT2D eigenvalue weighted by Gasteiger charge is -2.39. The van der Waals surface area contributed by atoms with Gasteiger partial charge in [-0.3, -0.25) is 39.1 Å². The van der Waals surface area contributed by atoms with Crippen LogP contribution in [0.25, 0.3) is 10.9 Å². The number of likely N-dealkylation sites (N-methyl/N-ethyl adjacent to an activating group) is 1. The first-order valence-corrected chi connectivity index (χ1v) is 20.9. The molecule has 5 saturated heterocycles. The van der Waals surface area contributed by atoms with E-state index >= 15 is 0 Å². The molecule has 2 aromatic heterocycles. The van der Waals surface area contributed by atoms with Gasteiger partial charge in [-0.25, -0.2) is 4.98 Å². The van der Waals surface area contributed by atoms with Gasteiger partial charge in [-0.05, 0) is 68.0 Å². The number of piperidine rings is 2. The van der Waals surface area contributed by atoms with E-state index in [-0.39, 0.29) is 42.1 Å². The summed E-state index contributed by atoms with van der Waals surface area (Å²) in [6, 6.07) is 13.3. The van der Waals surface area contributed by atoms with E-state index in [1.807, 2.05) is 30.3 Å². The van der Waals surface area contributed by atoms with Crippen LogP contribution < -0.4 is 36.0 Å². The van der Waals surface area contributed by atoms with Crippen molar-refractivity contribution in [2.45, 2.75) is 56.0 Å². The summed E-state index contributed by atoms with van der Waals surface area (Å²) in [7, 11) is 3.17. The number of piperazine rings is 1. The zero-order valence-electron chi connectivity index (χ0n) is 33.3. The van der Waals surface area contributed by atoms with E-state index in [0.717, 1.165) is 68.6 Å². The number of aromatic nitrogens is 3. The number of hydrogen-bond donors (Lipinski definition) is 3. The number of likely N-dealkylation sites (tertiary alicyclic amines) is 1. The van der Waals surface area contributed by atoms with E-state index < -0.39 is 17.7 Å². The lowest BCUT2D eigenvalue weighted by Crippen LogP contribution is -2.55. The Bertz CT molecular complexity index is 2520. The molecule has 312 valence electrons. The Hall–Kier alpha value is -5.78. The van der Waals surface area contributed by atoms with Gasteiger partial charge in [-0.1, -0.05) is 17.7 Å². The number of imide groups is 1. The van der Waals surface area contributed by atoms with Gasteiger partial charge in [0.15, 0.2) is 23.9 Å². The number of pyridine rings is 1. The zero-order chi connectivity index (χ0) is 41.4. The monoisotopic (exact) mass is 836 g/mol. The second-order valence-electron chi connectivity index (χ2n) is 16.6. The summed E-state index contributed by atoms with van der Waals surface area (Å²) >= 11 is 6.58. The average Bonchev–Trinajstić information content (AvgIpc) is 3.70. The molecule has 60 heavy (non-hydrogen) atoms. The van der Waals surface area contributed by atoms with Gasteiger partial charge in [0.1, 0.15) is 17.7 Å². The molecule has 3 N–H and O–H groups in total. The number of carbonyl (C=O) groups is 4. The van der Waals surface area contributed by atoms with Crippen molar-refractivity contribution in [2.75, 3.05) is 68.1 Å². The molecule has 8 heterocycles. The summed E-state index contributed by atoms with van der Waals surface area (Å²) in [5, 5.41) is 9.31. The highest BCUT2D eigenvalue weighted by atomic mass is 35.5. The molecule has 17 nitrogen and oxygen atoms in total. The number of epoxide rings is 1. The SMILES string of the molecule is CNC(=O)COc1cc2cc(Nc3nc(N4CCC(CN5CC6CC5CN6c5ccc6c(c5)C(=O)N(C5CCC(=O)NC5=O)C65CO5)CC4)ncc3Cl)ccc2n(C)c1=O. The highest BCUT2D eigenvalue weighted by molar-refractivity contribution is 6.33. The molecule has 2 bridgehead atoms. The average molecular weight is 837 g/mol. The van der Waals surface area contributed by atoms with Crippen molar-refractivity contribution in [2.24, 2.45) is 13.0 Å². The van der Waals surface area contributed by atoms with Gasteiger partial charge in [0.25, 0.3) is 17.4 Å². The Balaban J connectivity index is 0.750. The van der Waals surface area contributed by atoms with Crippen LogP contribution in [0.4, 0.5) is 23.1 Å². The number of hydrogen-bond acceptors (Lipinski definition) is 13. The van der Waals surface area contributed by atoms with Gasteiger partial charge >= 0.3 is 0 Å². The number of anilines is 4. The van der Waals surface area contributed by atoms with E-state index in [0.29, 0.717) is 64.6 Å². The molecule has 6 aliphatic heterocycles. The van der Waals surface area contributed by atoms with Gasteiger partial charge in [-0.2, -0.15) is 4.98 Å². The minimum absolute atomic E-state index is 0.0783. The summed E-state index contributed by atoms with van der Waals surface area (Å²) in [6.45, 7) is 4.63. The third kappa shape index (κ3) is 6.59. The van der Waals surface area contributed by atoms with E-state index in [1.165, 1.54) is 11.6 Å². The number of nitrogens with one attached hydrogen (secondary N) is 3. The molecule has 4 atom stereocenters. The van der Waals surface area contributed by atoms with Crippen molar-refractivity contribution in [3.05, 3.63) is 75.2 Å². The second kappa shape index (κ2) is 14.7. The topological polar surface area (TPSA) is 187 Å². The number of benzene rings is 2. The third-order valence-corrected chi connectivity index (χ3v) is 13.4. The number of fused-ring (bicyclic) bond motifs is 5. The molecule has 4 aromatic rings. The smallest absolute Gasteiger partial charge is 0.293 e. The lowest BCUT2D eigenvalue weighted by atomic mass is 9.96. The first-order valence-electron chi connectivity index (χ1n) is 20.5. The lowest BCUT2D eigenvalue weighted by molar-refractivity contribution is -0.138. The van der Waals surface area contributed by atoms with E-state index in [4.69, 9.17) is 26.1 Å². The van der Waals surface area contributed by atoms with E-state index in [9.17, 15) is 24.0 Å². The summed E-state index contributed by atoms with van der Waals surface area (Å²) in [5.74, 6) is 0.404. The first-order chi connectivity index (χ1) is 29.0. The summed E-state index contributed by atoms with van der Waals surface area (Å²) in [4.78, 5) is 81.1. The van der Waals surface area contributed by atoms with E-state index in [1.54, 1.807) is 24.2 Å². The van der Waals surface area contributed by atoms with Crippen LogP contribution >= 0.6 is 11.6 Å². The van der Waals surface area contributed by atoms with Gasteiger partial charge in [0.2, 0.25) is 17.8 Å². The Kier molecular flexibility index (Phi) is 9.44. The minimum atomic E-state index is -0.913. The molecule has 2 aromatic carbocycles. The summed E-state index contributed by atoms with van der Waals surface area (Å²) < 4.78 is 12.9. The Morgan fingerprint density at radius 3 is 2.60 bits per heavy atom. The zero-order valence-corrected chi connectivity index (χ0v) is 34.0. The first kappa shape index (κ1) is 38.4. The van der Waals surface area contributed by atoms with Crippen LogP contribution in [-0.2, 0) is 31.9 Å². The maximum Gasteiger partial charge on any atom is 0.293 e. The fourth-order valence-corrected chi connectivity index (χ4v) is 10.00. The van der Waals surface area contributed by atoms with Crippen LogP contribution in [-0.4, -0.2) is 119 Å². The highest BCUT2D eigenvalue weighted by Gasteiger charge is 2.63. The number of amides is 4. The van der Waals surface area contributed by atoms with Gasteiger partial charge in [0.05, 0.1) is 11.7 Å². The maximum absolute atomic E-state index is 13.8. The minimum Gasteiger partial charge on any atom is -0.478 e. The third-order valence-electron chi connectivity index (χ3n) is 13.1. The molecule has 5 fully saturated rings. The maximum atomic E-state index is 13.8. The van der Waals surface area contributed by atoms with Gasteiger partial charge < -0.3 is 34.5 Å². The molecular weight excluding hydrogens is 792 g/mol. The number of halogens is 1. The molecule has 4 amide bonds. The molecule has 0 saturated carbocycles. The fraction of sp³-hybridized carbons (Fsp3) is 0.452. The van der Waals surface area contributed by atoms with Crippen molar-refractivity contribution in [1.82, 2.24) is 35.0 Å². The fourth-order valence-electron chi connectivity index (χ4n) is 9.86. The van der Waals surface area contributed by atoms with Crippen LogP contribution in [0, 0.1) is 5.92 Å². The van der Waals surface area contributed by atoms with Crippen molar-refractivity contribution in [3.8, 4) is 5.75 Å². The summed E-state index contributed by atoms with van der Waals surface area (Å²) in [6.07, 6.45) is 5.21. The molecule has 0 aliphatic carbocycles. The Morgan fingerprint density at radius 1 is 1.05 bits per heavy atom. The Morgan fingerprint density at radius 2 is 1.87 bits per heavy atom. The van der Waals surface area contributed by atoms with Crippen LogP contribution in [0.1, 0.15) is 48.0 Å². The molecular formula is C42H45ClN10O7. The second-order valence-corrected chi connectivity index (χ2v) is 17.0. The normalized spacial score (nSPS) is 25.0. The number of rotatable bonds is 10. The molecule has 18 heteroatoms. The Labute approximate surface area is 349 Å². The number of ether oxygens (including phenoxy) is 2. The molecule has 10 rings (SSSR count). The molecule has 0 radical (unpaired) electrons. The quantitative estimate of drug-likeness (QED) is 0.157. The van der Waals surface area contributed by atoms with Crippen LogP contribution in [0.2, 0.25) is 5.02 Å². The van der Waals surface area contributed by atoms with Crippen molar-refractivity contribution in [1.29, 1.82) is 0 Å². The van der Waals surface area contributed by atoms with Crippen LogP contribution in [0.5, 0.6) is 5.75 Å². The summed E-state index contributed by atoms with van der Waals surface area (Å²) in [5.41, 5.74) is 2.57. The molecule has 4 unspecified atom stereocenters. The van der Waals surface area contributed by atoms with Crippen LogP contribution in [0.15, 0.2) is 53.5 Å².